The van der Waals surface area contributed by atoms with Crippen LogP contribution in [0.5, 0.6) is 0 Å². The smallest absolute Gasteiger partial charge is 0.264 e. The van der Waals surface area contributed by atoms with Gasteiger partial charge in [0.25, 0.3) is 10.0 Å². The zero-order chi connectivity index (χ0) is 19.1. The van der Waals surface area contributed by atoms with Crippen molar-refractivity contribution in [1.29, 1.82) is 0 Å². The summed E-state index contributed by atoms with van der Waals surface area (Å²) in [6.07, 6.45) is 1.47. The number of halogens is 2. The summed E-state index contributed by atoms with van der Waals surface area (Å²) < 4.78 is 80.3. The maximum atomic E-state index is 13.9. The third-order valence-corrected chi connectivity index (χ3v) is 7.21. The van der Waals surface area contributed by atoms with Gasteiger partial charge < -0.3 is 0 Å². The molecular formula is C16H16F2N2O4S2. The Morgan fingerprint density at radius 1 is 1.00 bits per heavy atom. The van der Waals surface area contributed by atoms with Gasteiger partial charge >= 0.3 is 0 Å². The van der Waals surface area contributed by atoms with Crippen LogP contribution in [0.3, 0.4) is 0 Å². The molecule has 1 N–H and O–H groups in total. The van der Waals surface area contributed by atoms with Gasteiger partial charge in [0, 0.05) is 19.2 Å². The van der Waals surface area contributed by atoms with E-state index in [1.807, 2.05) is 0 Å². The first-order valence-corrected chi connectivity index (χ1v) is 10.6. The summed E-state index contributed by atoms with van der Waals surface area (Å²) in [5, 5.41) is 0. The van der Waals surface area contributed by atoms with E-state index in [0.29, 0.717) is 4.31 Å². The molecule has 0 atom stereocenters. The first kappa shape index (κ1) is 18.7. The van der Waals surface area contributed by atoms with Gasteiger partial charge in [0.15, 0.2) is 0 Å². The molecule has 0 aliphatic heterocycles. The summed E-state index contributed by atoms with van der Waals surface area (Å²) in [5.41, 5.74) is -0.477. The molecule has 0 heterocycles. The van der Waals surface area contributed by atoms with Gasteiger partial charge in [-0.2, -0.15) is 0 Å². The summed E-state index contributed by atoms with van der Waals surface area (Å²) >= 11 is 0. The number of nitrogens with zero attached hydrogens (tertiary/aromatic N) is 1. The molecule has 2 aromatic carbocycles. The molecule has 1 aliphatic rings. The second-order valence-corrected chi connectivity index (χ2v) is 9.62. The molecule has 0 radical (unpaired) electrons. The van der Waals surface area contributed by atoms with Gasteiger partial charge in [-0.3, -0.25) is 4.31 Å². The molecule has 0 unspecified atom stereocenters. The normalized spacial score (nSPS) is 15.0. The first-order chi connectivity index (χ1) is 12.1. The number of nitrogens with one attached hydrogen (secondary N) is 1. The maximum absolute atomic E-state index is 13.9. The van der Waals surface area contributed by atoms with E-state index in [2.05, 4.69) is 4.72 Å². The highest BCUT2D eigenvalue weighted by atomic mass is 32.2. The molecular weight excluding hydrogens is 386 g/mol. The summed E-state index contributed by atoms with van der Waals surface area (Å²) in [4.78, 5) is -0.555. The van der Waals surface area contributed by atoms with Crippen LogP contribution in [-0.4, -0.2) is 29.9 Å². The lowest BCUT2D eigenvalue weighted by Gasteiger charge is -2.20. The van der Waals surface area contributed by atoms with E-state index >= 15 is 0 Å². The molecule has 0 spiro atoms. The fourth-order valence-corrected chi connectivity index (χ4v) is 4.97. The van der Waals surface area contributed by atoms with Crippen LogP contribution in [0.15, 0.2) is 52.3 Å². The lowest BCUT2D eigenvalue weighted by Crippen LogP contribution is -2.29. The Morgan fingerprint density at radius 3 is 2.31 bits per heavy atom. The van der Waals surface area contributed by atoms with Crippen LogP contribution >= 0.6 is 0 Å². The minimum absolute atomic E-state index is 0.135. The Bertz CT molecular complexity index is 1050. The predicted octanol–water partition coefficient (Wildman–Crippen LogP) is 2.23. The zero-order valence-corrected chi connectivity index (χ0v) is 15.3. The topological polar surface area (TPSA) is 83.6 Å². The van der Waals surface area contributed by atoms with Crippen molar-refractivity contribution in [2.75, 3.05) is 11.4 Å². The van der Waals surface area contributed by atoms with E-state index in [9.17, 15) is 25.6 Å². The molecule has 0 saturated heterocycles. The highest BCUT2D eigenvalue weighted by Gasteiger charge is 2.30. The second kappa shape index (κ2) is 6.60. The highest BCUT2D eigenvalue weighted by molar-refractivity contribution is 7.93. The SMILES string of the molecule is CN(c1cc(F)ccc1F)S(=O)(=O)c1cccc(S(=O)(=O)NC2CC2)c1. The lowest BCUT2D eigenvalue weighted by molar-refractivity contribution is 0.580. The zero-order valence-electron chi connectivity index (χ0n) is 13.7. The van der Waals surface area contributed by atoms with Gasteiger partial charge in [-0.05, 0) is 43.2 Å². The minimum atomic E-state index is -4.29. The van der Waals surface area contributed by atoms with Gasteiger partial charge in [0.1, 0.15) is 11.6 Å². The van der Waals surface area contributed by atoms with E-state index in [1.165, 1.54) is 18.2 Å². The van der Waals surface area contributed by atoms with Gasteiger partial charge in [0.2, 0.25) is 10.0 Å². The third-order valence-electron chi connectivity index (χ3n) is 3.92. The Labute approximate surface area is 150 Å². The number of benzene rings is 2. The molecule has 140 valence electrons. The maximum Gasteiger partial charge on any atom is 0.264 e. The van der Waals surface area contributed by atoms with Crippen molar-refractivity contribution in [3.8, 4) is 0 Å². The van der Waals surface area contributed by atoms with Crippen LogP contribution in [0.1, 0.15) is 12.8 Å². The minimum Gasteiger partial charge on any atom is -0.266 e. The van der Waals surface area contributed by atoms with E-state index < -0.39 is 37.4 Å². The Balaban J connectivity index is 1.99. The van der Waals surface area contributed by atoms with Crippen LogP contribution in [0.2, 0.25) is 0 Å². The number of hydrogen-bond donors (Lipinski definition) is 1. The van der Waals surface area contributed by atoms with Crippen molar-refractivity contribution < 1.29 is 25.6 Å². The molecule has 1 aliphatic carbocycles. The summed E-state index contributed by atoms with van der Waals surface area (Å²) in [6, 6.07) is 7.04. The predicted molar refractivity (Wildman–Crippen MR) is 91.7 cm³/mol. The molecule has 0 aromatic heterocycles. The monoisotopic (exact) mass is 402 g/mol. The standard InChI is InChI=1S/C16H16F2N2O4S2/c1-20(16-9-11(17)5-8-15(16)18)26(23,24)14-4-2-3-13(10-14)25(21,22)19-12-6-7-12/h2-5,8-10,12,19H,6-7H2,1H3. The number of hydrogen-bond acceptors (Lipinski definition) is 4. The van der Waals surface area contributed by atoms with Gasteiger partial charge in [0.05, 0.1) is 15.5 Å². The largest absolute Gasteiger partial charge is 0.266 e. The number of rotatable bonds is 6. The second-order valence-electron chi connectivity index (χ2n) is 5.94. The van der Waals surface area contributed by atoms with Crippen molar-refractivity contribution in [3.05, 3.63) is 54.1 Å². The van der Waals surface area contributed by atoms with Crippen LogP contribution in [0, 0.1) is 11.6 Å². The Kier molecular flexibility index (Phi) is 4.76. The molecule has 26 heavy (non-hydrogen) atoms. The molecule has 10 heteroatoms. The van der Waals surface area contributed by atoms with Crippen molar-refractivity contribution >= 4 is 25.7 Å². The number of sulfonamides is 2. The molecule has 3 rings (SSSR count). The van der Waals surface area contributed by atoms with Crippen LogP contribution in [0.25, 0.3) is 0 Å². The fraction of sp³-hybridized carbons (Fsp3) is 0.250. The number of anilines is 1. The van der Waals surface area contributed by atoms with Crippen LogP contribution < -0.4 is 9.03 Å². The van der Waals surface area contributed by atoms with Crippen LogP contribution in [0.4, 0.5) is 14.5 Å². The average Bonchev–Trinajstić information content (AvgIpc) is 3.40. The average molecular weight is 402 g/mol. The summed E-state index contributed by atoms with van der Waals surface area (Å²) in [7, 11) is -7.08. The quantitative estimate of drug-likeness (QED) is 0.803. The lowest BCUT2D eigenvalue weighted by atomic mass is 10.3. The van der Waals surface area contributed by atoms with Crippen LogP contribution in [-0.2, 0) is 20.0 Å². The van der Waals surface area contributed by atoms with Crippen molar-refractivity contribution in [2.45, 2.75) is 28.7 Å². The Hall–Kier alpha value is -2.04. The molecule has 0 amide bonds. The van der Waals surface area contributed by atoms with E-state index in [0.717, 1.165) is 44.2 Å². The third kappa shape index (κ3) is 3.71. The van der Waals surface area contributed by atoms with E-state index in [-0.39, 0.29) is 15.8 Å². The van der Waals surface area contributed by atoms with E-state index in [1.54, 1.807) is 0 Å². The van der Waals surface area contributed by atoms with E-state index in [4.69, 9.17) is 0 Å². The summed E-state index contributed by atoms with van der Waals surface area (Å²) in [6.45, 7) is 0. The molecule has 6 nitrogen and oxygen atoms in total. The Morgan fingerprint density at radius 2 is 1.65 bits per heavy atom. The van der Waals surface area contributed by atoms with Crippen molar-refractivity contribution in [1.82, 2.24) is 4.72 Å². The molecule has 1 saturated carbocycles. The molecule has 2 aromatic rings. The molecule has 1 fully saturated rings. The highest BCUT2D eigenvalue weighted by Crippen LogP contribution is 2.27. The van der Waals surface area contributed by atoms with Gasteiger partial charge in [-0.25, -0.2) is 30.3 Å². The van der Waals surface area contributed by atoms with Crippen molar-refractivity contribution in [3.63, 3.8) is 0 Å². The molecule has 0 bridgehead atoms. The summed E-state index contributed by atoms with van der Waals surface area (Å²) in [5.74, 6) is -1.72. The first-order valence-electron chi connectivity index (χ1n) is 7.67. The van der Waals surface area contributed by atoms with Gasteiger partial charge in [-0.15, -0.1) is 0 Å². The fourth-order valence-electron chi connectivity index (χ4n) is 2.31. The van der Waals surface area contributed by atoms with Crippen molar-refractivity contribution in [2.24, 2.45) is 0 Å². The van der Waals surface area contributed by atoms with Gasteiger partial charge in [-0.1, -0.05) is 6.07 Å².